The molecule has 0 radical (unpaired) electrons. The van der Waals surface area contributed by atoms with Gasteiger partial charge in [-0.25, -0.2) is 9.50 Å². The minimum atomic E-state index is 0.497. The normalized spacial score (nSPS) is 17.2. The highest BCUT2D eigenvalue weighted by Gasteiger charge is 2.30. The molecule has 6 rings (SSSR count). The number of methoxy groups -OCH3 is 2. The van der Waals surface area contributed by atoms with Crippen LogP contribution in [0.2, 0.25) is 0 Å². The molecule has 0 bridgehead atoms. The molecule has 4 aromatic rings. The maximum absolute atomic E-state index is 5.76. The summed E-state index contributed by atoms with van der Waals surface area (Å²) >= 11 is 0. The summed E-state index contributed by atoms with van der Waals surface area (Å²) in [4.78, 5) is 7.10. The summed E-state index contributed by atoms with van der Waals surface area (Å²) in [6.45, 7) is 4.02. The van der Waals surface area contributed by atoms with Crippen molar-refractivity contribution in [1.82, 2.24) is 19.5 Å². The molecule has 0 saturated carbocycles. The van der Waals surface area contributed by atoms with Crippen molar-refractivity contribution in [3.8, 4) is 22.8 Å². The van der Waals surface area contributed by atoms with Crippen LogP contribution in [-0.4, -0.2) is 66.1 Å². The van der Waals surface area contributed by atoms with Crippen LogP contribution >= 0.6 is 0 Å². The Morgan fingerprint density at radius 2 is 1.75 bits per heavy atom. The molecular weight excluding hydrogens is 454 g/mol. The van der Waals surface area contributed by atoms with Crippen molar-refractivity contribution in [2.24, 2.45) is 0 Å². The third-order valence-electron chi connectivity index (χ3n) is 7.39. The molecule has 8 heteroatoms. The highest BCUT2D eigenvalue weighted by Crippen LogP contribution is 2.36. The van der Waals surface area contributed by atoms with Crippen LogP contribution in [0, 0.1) is 0 Å². The third-order valence-corrected chi connectivity index (χ3v) is 7.39. The van der Waals surface area contributed by atoms with E-state index in [1.807, 2.05) is 47.1 Å². The van der Waals surface area contributed by atoms with Crippen LogP contribution in [0.15, 0.2) is 60.8 Å². The van der Waals surface area contributed by atoms with E-state index in [1.54, 1.807) is 14.2 Å². The minimum Gasteiger partial charge on any atom is -0.496 e. The second kappa shape index (κ2) is 9.79. The summed E-state index contributed by atoms with van der Waals surface area (Å²) in [5, 5.41) is 8.13. The van der Waals surface area contributed by atoms with Crippen molar-refractivity contribution in [2.45, 2.75) is 24.8 Å². The smallest absolute Gasteiger partial charge is 0.245 e. The molecule has 0 atom stereocenters. The average Bonchev–Trinajstić information content (AvgIpc) is 3.31. The predicted octanol–water partition coefficient (Wildman–Crippen LogP) is 4.74. The van der Waals surface area contributed by atoms with E-state index in [-0.39, 0.29) is 0 Å². The largest absolute Gasteiger partial charge is 0.496 e. The maximum atomic E-state index is 5.76. The van der Waals surface area contributed by atoms with E-state index in [0.29, 0.717) is 17.9 Å². The van der Waals surface area contributed by atoms with Gasteiger partial charge in [0.25, 0.3) is 0 Å². The molecule has 186 valence electrons. The van der Waals surface area contributed by atoms with Gasteiger partial charge < -0.3 is 19.5 Å². The standard InChI is InChI=1S/C28H31N5O3/c1-34-26-6-4-3-5-23(26)25-10-8-21-16-29-28(31-33(21)25)30-24-9-7-20(15-27(24)35-2)19-11-13-32(14-12-19)22-17-36-18-22/h3-10,15-16,19,22H,11-14,17-18H2,1-2H3,(H,30,31). The van der Waals surface area contributed by atoms with Gasteiger partial charge in [-0.15, -0.1) is 5.10 Å². The fraction of sp³-hybridized carbons (Fsp3) is 0.357. The number of fused-ring (bicyclic) bond motifs is 1. The molecule has 1 N–H and O–H groups in total. The fourth-order valence-corrected chi connectivity index (χ4v) is 5.24. The molecule has 0 unspecified atom stereocenters. The number of benzene rings is 2. The first-order chi connectivity index (χ1) is 17.7. The lowest BCUT2D eigenvalue weighted by Gasteiger charge is -2.41. The lowest BCUT2D eigenvalue weighted by atomic mass is 9.88. The monoisotopic (exact) mass is 485 g/mol. The first kappa shape index (κ1) is 22.8. The van der Waals surface area contributed by atoms with Crippen molar-refractivity contribution in [1.29, 1.82) is 0 Å². The number of ether oxygens (including phenoxy) is 3. The van der Waals surface area contributed by atoms with Crippen LogP contribution in [0.4, 0.5) is 11.6 Å². The third kappa shape index (κ3) is 4.27. The van der Waals surface area contributed by atoms with Crippen LogP contribution in [-0.2, 0) is 4.74 Å². The summed E-state index contributed by atoms with van der Waals surface area (Å²) in [6, 6.07) is 19.0. The lowest BCUT2D eigenvalue weighted by molar-refractivity contribution is -0.0712. The number of hydrogen-bond acceptors (Lipinski definition) is 7. The van der Waals surface area contributed by atoms with Gasteiger partial charge in [0.05, 0.1) is 56.6 Å². The van der Waals surface area contributed by atoms with Gasteiger partial charge >= 0.3 is 0 Å². The Balaban J connectivity index is 1.23. The summed E-state index contributed by atoms with van der Waals surface area (Å²) in [7, 11) is 3.39. The Kier molecular flexibility index (Phi) is 6.21. The Labute approximate surface area is 210 Å². The highest BCUT2D eigenvalue weighted by molar-refractivity contribution is 5.72. The molecule has 2 aliphatic rings. The Morgan fingerprint density at radius 1 is 0.944 bits per heavy atom. The summed E-state index contributed by atoms with van der Waals surface area (Å²) in [5.74, 6) is 2.64. The van der Waals surface area contributed by atoms with Gasteiger partial charge in [-0.2, -0.15) is 0 Å². The van der Waals surface area contributed by atoms with Gasteiger partial charge in [0, 0.05) is 5.56 Å². The highest BCUT2D eigenvalue weighted by atomic mass is 16.5. The Bertz CT molecular complexity index is 1360. The molecule has 0 aliphatic carbocycles. The van der Waals surface area contributed by atoms with Crippen LogP contribution in [0.3, 0.4) is 0 Å². The van der Waals surface area contributed by atoms with E-state index in [9.17, 15) is 0 Å². The molecule has 2 fully saturated rings. The van der Waals surface area contributed by atoms with Gasteiger partial charge in [-0.05, 0) is 73.8 Å². The molecule has 2 aromatic carbocycles. The van der Waals surface area contributed by atoms with Gasteiger partial charge in [0.15, 0.2) is 0 Å². The number of hydrogen-bond donors (Lipinski definition) is 1. The molecule has 0 spiro atoms. The zero-order valence-electron chi connectivity index (χ0n) is 20.7. The van der Waals surface area contributed by atoms with Gasteiger partial charge in [0.2, 0.25) is 5.95 Å². The average molecular weight is 486 g/mol. The molecule has 2 aliphatic heterocycles. The Hall–Kier alpha value is -3.62. The van der Waals surface area contributed by atoms with Crippen molar-refractivity contribution >= 4 is 17.2 Å². The van der Waals surface area contributed by atoms with Crippen LogP contribution in [0.25, 0.3) is 16.8 Å². The van der Waals surface area contributed by atoms with E-state index in [0.717, 1.165) is 73.1 Å². The number of rotatable bonds is 7. The van der Waals surface area contributed by atoms with E-state index >= 15 is 0 Å². The second-order valence-electron chi connectivity index (χ2n) is 9.42. The van der Waals surface area contributed by atoms with Crippen LogP contribution in [0.5, 0.6) is 11.5 Å². The van der Waals surface area contributed by atoms with Gasteiger partial charge in [-0.1, -0.05) is 18.2 Å². The fourth-order valence-electron chi connectivity index (χ4n) is 5.24. The lowest BCUT2D eigenvalue weighted by Crippen LogP contribution is -2.51. The minimum absolute atomic E-state index is 0.497. The van der Waals surface area contributed by atoms with E-state index in [2.05, 4.69) is 33.4 Å². The maximum Gasteiger partial charge on any atom is 0.245 e. The molecule has 2 aromatic heterocycles. The second-order valence-corrected chi connectivity index (χ2v) is 9.42. The molecule has 8 nitrogen and oxygen atoms in total. The Morgan fingerprint density at radius 3 is 2.50 bits per heavy atom. The number of nitrogens with zero attached hydrogens (tertiary/aromatic N) is 4. The first-order valence-corrected chi connectivity index (χ1v) is 12.5. The van der Waals surface area contributed by atoms with Crippen molar-refractivity contribution in [3.63, 3.8) is 0 Å². The molecule has 4 heterocycles. The molecule has 0 amide bonds. The van der Waals surface area contributed by atoms with Gasteiger partial charge in [0.1, 0.15) is 11.5 Å². The zero-order chi connectivity index (χ0) is 24.5. The van der Waals surface area contributed by atoms with Crippen LogP contribution in [0.1, 0.15) is 24.3 Å². The summed E-state index contributed by atoms with van der Waals surface area (Å²) in [6.07, 6.45) is 4.13. The number of para-hydroxylation sites is 1. The van der Waals surface area contributed by atoms with Crippen molar-refractivity contribution in [3.05, 3.63) is 66.4 Å². The zero-order valence-corrected chi connectivity index (χ0v) is 20.7. The molecule has 2 saturated heterocycles. The van der Waals surface area contributed by atoms with Crippen molar-refractivity contribution in [2.75, 3.05) is 45.8 Å². The van der Waals surface area contributed by atoms with E-state index in [1.165, 1.54) is 5.56 Å². The topological polar surface area (TPSA) is 73.2 Å². The van der Waals surface area contributed by atoms with E-state index < -0.39 is 0 Å². The predicted molar refractivity (Wildman–Crippen MR) is 139 cm³/mol. The number of likely N-dealkylation sites (tertiary alicyclic amines) is 1. The van der Waals surface area contributed by atoms with Gasteiger partial charge in [-0.3, -0.25) is 4.90 Å². The number of aromatic nitrogens is 3. The summed E-state index contributed by atoms with van der Waals surface area (Å²) < 4.78 is 18.6. The molecule has 36 heavy (non-hydrogen) atoms. The molecular formula is C28H31N5O3. The number of anilines is 2. The quantitative estimate of drug-likeness (QED) is 0.406. The SMILES string of the molecule is COc1cc(C2CCN(C3COC3)CC2)ccc1Nc1ncc2ccc(-c3ccccc3OC)n2n1. The van der Waals surface area contributed by atoms with Crippen molar-refractivity contribution < 1.29 is 14.2 Å². The first-order valence-electron chi connectivity index (χ1n) is 12.5. The number of nitrogens with one attached hydrogen (secondary N) is 1. The summed E-state index contributed by atoms with van der Waals surface area (Å²) in [5.41, 5.74) is 4.99. The number of piperidine rings is 1. The van der Waals surface area contributed by atoms with Crippen LogP contribution < -0.4 is 14.8 Å². The van der Waals surface area contributed by atoms with E-state index in [4.69, 9.17) is 19.3 Å².